The lowest BCUT2D eigenvalue weighted by Crippen LogP contribution is -2.22. The summed E-state index contributed by atoms with van der Waals surface area (Å²) in [6.45, 7) is 0.654. The molecule has 1 aliphatic carbocycles. The molecule has 0 heterocycles. The minimum atomic E-state index is -0.962. The summed E-state index contributed by atoms with van der Waals surface area (Å²) >= 11 is 5.91. The molecule has 1 unspecified atom stereocenters. The first-order chi connectivity index (χ1) is 8.61. The highest BCUT2D eigenvalue weighted by Crippen LogP contribution is 2.33. The van der Waals surface area contributed by atoms with Crippen molar-refractivity contribution in [1.82, 2.24) is 0 Å². The van der Waals surface area contributed by atoms with Crippen molar-refractivity contribution in [1.29, 1.82) is 0 Å². The van der Waals surface area contributed by atoms with Gasteiger partial charge in [0.1, 0.15) is 5.75 Å². The van der Waals surface area contributed by atoms with Gasteiger partial charge in [-0.2, -0.15) is 0 Å². The number of aliphatic carboxylic acids is 1. The Morgan fingerprint density at radius 1 is 1.56 bits per heavy atom. The summed E-state index contributed by atoms with van der Waals surface area (Å²) in [5, 5.41) is 9.64. The van der Waals surface area contributed by atoms with Crippen LogP contribution in [0.4, 0.5) is 0 Å². The quantitative estimate of drug-likeness (QED) is 0.831. The van der Waals surface area contributed by atoms with Crippen LogP contribution in [-0.2, 0) is 4.79 Å². The van der Waals surface area contributed by atoms with Gasteiger partial charge in [-0.3, -0.25) is 4.79 Å². The maximum absolute atomic E-state index is 11.2. The lowest BCUT2D eigenvalue weighted by atomic mass is 9.98. The molecular weight excluding hydrogens is 254 g/mol. The fraction of sp³-hybridized carbons (Fsp3) is 0.462. The van der Waals surface area contributed by atoms with Gasteiger partial charge in [0.05, 0.1) is 12.5 Å². The molecule has 1 aromatic rings. The number of carboxylic acid groups (broad SMARTS) is 1. The molecule has 0 aromatic heterocycles. The van der Waals surface area contributed by atoms with E-state index in [4.69, 9.17) is 27.2 Å². The van der Waals surface area contributed by atoms with Crippen molar-refractivity contribution in [3.05, 3.63) is 28.8 Å². The highest BCUT2D eigenvalue weighted by molar-refractivity contribution is 6.30. The van der Waals surface area contributed by atoms with Crippen LogP contribution in [0.3, 0.4) is 0 Å². The molecule has 98 valence electrons. The molecule has 1 aliphatic rings. The number of rotatable bonds is 6. The van der Waals surface area contributed by atoms with Crippen molar-refractivity contribution in [2.24, 2.45) is 11.7 Å². The topological polar surface area (TPSA) is 72.6 Å². The first-order valence-electron chi connectivity index (χ1n) is 5.97. The second-order valence-electron chi connectivity index (χ2n) is 4.56. The third kappa shape index (κ3) is 3.15. The first kappa shape index (κ1) is 13.2. The number of benzene rings is 1. The number of hydrogen-bond donors (Lipinski definition) is 2. The van der Waals surface area contributed by atoms with Crippen LogP contribution in [0, 0.1) is 5.92 Å². The molecule has 0 aliphatic heterocycles. The Morgan fingerprint density at radius 3 is 2.83 bits per heavy atom. The Balaban J connectivity index is 2.22. The largest absolute Gasteiger partial charge is 0.493 e. The second-order valence-corrected chi connectivity index (χ2v) is 5.00. The molecule has 1 saturated carbocycles. The lowest BCUT2D eigenvalue weighted by Gasteiger charge is -2.16. The van der Waals surface area contributed by atoms with Crippen molar-refractivity contribution in [3.8, 4) is 5.75 Å². The van der Waals surface area contributed by atoms with E-state index < -0.39 is 11.9 Å². The summed E-state index contributed by atoms with van der Waals surface area (Å²) in [5.41, 5.74) is 6.07. The summed E-state index contributed by atoms with van der Waals surface area (Å²) in [6.07, 6.45) is 2.37. The third-order valence-corrected chi connectivity index (χ3v) is 3.29. The minimum Gasteiger partial charge on any atom is -0.493 e. The number of ether oxygens (including phenoxy) is 1. The van der Waals surface area contributed by atoms with Crippen molar-refractivity contribution >= 4 is 17.6 Å². The molecule has 2 rings (SSSR count). The third-order valence-electron chi connectivity index (χ3n) is 3.05. The number of hydrogen-bond acceptors (Lipinski definition) is 3. The van der Waals surface area contributed by atoms with E-state index in [2.05, 4.69) is 0 Å². The van der Waals surface area contributed by atoms with Crippen molar-refractivity contribution in [3.63, 3.8) is 0 Å². The Hall–Kier alpha value is -1.26. The summed E-state index contributed by atoms with van der Waals surface area (Å²) in [5.74, 6) is -0.562. The number of carbonyl (C=O) groups is 1. The summed E-state index contributed by atoms with van der Waals surface area (Å²) < 4.78 is 5.67. The van der Waals surface area contributed by atoms with Crippen molar-refractivity contribution in [2.75, 3.05) is 13.2 Å². The molecule has 0 radical (unpaired) electrons. The molecule has 1 fully saturated rings. The summed E-state index contributed by atoms with van der Waals surface area (Å²) in [7, 11) is 0. The molecule has 0 saturated heterocycles. The highest BCUT2D eigenvalue weighted by atomic mass is 35.5. The predicted octanol–water partition coefficient (Wildman–Crippen LogP) is 2.26. The van der Waals surface area contributed by atoms with Gasteiger partial charge in [0.15, 0.2) is 0 Å². The normalized spacial score (nSPS) is 16.3. The molecule has 1 aromatic carbocycles. The van der Waals surface area contributed by atoms with Gasteiger partial charge in [-0.25, -0.2) is 0 Å². The van der Waals surface area contributed by atoms with Gasteiger partial charge in [-0.15, -0.1) is 0 Å². The van der Waals surface area contributed by atoms with Crippen LogP contribution in [0.2, 0.25) is 5.02 Å². The van der Waals surface area contributed by atoms with Crippen LogP contribution >= 0.6 is 11.6 Å². The average Bonchev–Trinajstić information content (AvgIpc) is 3.12. The number of halogens is 1. The Kier molecular flexibility index (Phi) is 4.09. The van der Waals surface area contributed by atoms with Crippen LogP contribution in [0.1, 0.15) is 24.3 Å². The van der Waals surface area contributed by atoms with E-state index in [0.29, 0.717) is 28.9 Å². The number of carboxylic acids is 1. The molecule has 0 amide bonds. The van der Waals surface area contributed by atoms with Crippen LogP contribution in [0.5, 0.6) is 5.75 Å². The van der Waals surface area contributed by atoms with Gasteiger partial charge in [-0.1, -0.05) is 11.6 Å². The van der Waals surface area contributed by atoms with Crippen LogP contribution in [-0.4, -0.2) is 24.2 Å². The molecular formula is C13H16ClNO3. The second kappa shape index (κ2) is 5.59. The molecule has 1 atom stereocenters. The first-order valence-corrected chi connectivity index (χ1v) is 6.34. The molecule has 5 heteroatoms. The maximum Gasteiger partial charge on any atom is 0.312 e. The van der Waals surface area contributed by atoms with E-state index in [1.807, 2.05) is 0 Å². The summed E-state index contributed by atoms with van der Waals surface area (Å²) in [6, 6.07) is 5.03. The molecule has 18 heavy (non-hydrogen) atoms. The van der Waals surface area contributed by atoms with Crippen LogP contribution in [0.25, 0.3) is 0 Å². The smallest absolute Gasteiger partial charge is 0.312 e. The van der Waals surface area contributed by atoms with E-state index in [1.54, 1.807) is 18.2 Å². The zero-order chi connectivity index (χ0) is 13.1. The van der Waals surface area contributed by atoms with Crippen molar-refractivity contribution in [2.45, 2.75) is 18.8 Å². The Labute approximate surface area is 111 Å². The van der Waals surface area contributed by atoms with Gasteiger partial charge < -0.3 is 15.6 Å². The Morgan fingerprint density at radius 2 is 2.28 bits per heavy atom. The molecule has 0 bridgehead atoms. The van der Waals surface area contributed by atoms with E-state index in [0.717, 1.165) is 0 Å². The van der Waals surface area contributed by atoms with Gasteiger partial charge in [0.25, 0.3) is 0 Å². The van der Waals surface area contributed by atoms with E-state index in [9.17, 15) is 4.79 Å². The minimum absolute atomic E-state index is 0.0233. The number of nitrogens with two attached hydrogens (primary N) is 1. The fourth-order valence-corrected chi connectivity index (χ4v) is 1.96. The molecule has 0 spiro atoms. The fourth-order valence-electron chi connectivity index (χ4n) is 1.78. The lowest BCUT2D eigenvalue weighted by molar-refractivity contribution is -0.138. The molecule has 3 N–H and O–H groups in total. The van der Waals surface area contributed by atoms with E-state index in [-0.39, 0.29) is 6.54 Å². The maximum atomic E-state index is 11.2. The SMILES string of the molecule is NCC(C(=O)O)c1cc(Cl)ccc1OCC1CC1. The van der Waals surface area contributed by atoms with Crippen molar-refractivity contribution < 1.29 is 14.6 Å². The van der Waals surface area contributed by atoms with Crippen LogP contribution < -0.4 is 10.5 Å². The van der Waals surface area contributed by atoms with Gasteiger partial charge in [-0.05, 0) is 37.0 Å². The highest BCUT2D eigenvalue weighted by Gasteiger charge is 2.25. The Bertz CT molecular complexity index is 446. The van der Waals surface area contributed by atoms with Crippen LogP contribution in [0.15, 0.2) is 18.2 Å². The average molecular weight is 270 g/mol. The summed E-state index contributed by atoms with van der Waals surface area (Å²) in [4.78, 5) is 11.2. The van der Waals surface area contributed by atoms with Gasteiger partial charge in [0.2, 0.25) is 0 Å². The van der Waals surface area contributed by atoms with Gasteiger partial charge in [0, 0.05) is 17.1 Å². The van der Waals surface area contributed by atoms with E-state index >= 15 is 0 Å². The predicted molar refractivity (Wildman–Crippen MR) is 69.1 cm³/mol. The zero-order valence-electron chi connectivity index (χ0n) is 9.93. The molecule has 4 nitrogen and oxygen atoms in total. The standard InChI is InChI=1S/C13H16ClNO3/c14-9-3-4-12(18-7-8-1-2-8)10(5-9)11(6-15)13(16)17/h3-5,8,11H,1-2,6-7,15H2,(H,16,17). The van der Waals surface area contributed by atoms with E-state index in [1.165, 1.54) is 12.8 Å². The monoisotopic (exact) mass is 269 g/mol. The van der Waals surface area contributed by atoms with Gasteiger partial charge >= 0.3 is 5.97 Å². The zero-order valence-corrected chi connectivity index (χ0v) is 10.7.